The molecule has 0 aromatic heterocycles. The van der Waals surface area contributed by atoms with Crippen molar-refractivity contribution in [3.8, 4) is 0 Å². The van der Waals surface area contributed by atoms with Crippen LogP contribution in [0.2, 0.25) is 0 Å². The summed E-state index contributed by atoms with van der Waals surface area (Å²) >= 11 is 3.53. The minimum atomic E-state index is 0.0205. The second-order valence-corrected chi connectivity index (χ2v) is 6.58. The number of anilines is 1. The predicted molar refractivity (Wildman–Crippen MR) is 79.2 cm³/mol. The van der Waals surface area contributed by atoms with Gasteiger partial charge >= 0.3 is 0 Å². The molecule has 0 bridgehead atoms. The molecule has 1 atom stereocenters. The lowest BCUT2D eigenvalue weighted by Crippen LogP contribution is -2.63. The number of hydrogen-bond acceptors (Lipinski definition) is 3. The molecule has 2 rings (SSSR count). The topological polar surface area (TPSA) is 35.5 Å². The van der Waals surface area contributed by atoms with Gasteiger partial charge in [-0.3, -0.25) is 0 Å². The average molecular weight is 313 g/mol. The average Bonchev–Trinajstić information content (AvgIpc) is 2.30. The molecule has 2 N–H and O–H groups in total. The third kappa shape index (κ3) is 3.05. The smallest absolute Gasteiger partial charge is 0.0602 e. The maximum Gasteiger partial charge on any atom is 0.0602 e. The highest BCUT2D eigenvalue weighted by Gasteiger charge is 2.31. The van der Waals surface area contributed by atoms with Gasteiger partial charge in [0.15, 0.2) is 0 Å². The Bertz CT molecular complexity index is 434. The van der Waals surface area contributed by atoms with Gasteiger partial charge in [0, 0.05) is 34.8 Å². The number of halogens is 1. The van der Waals surface area contributed by atoms with E-state index < -0.39 is 0 Å². The van der Waals surface area contributed by atoms with Crippen LogP contribution in [0.5, 0.6) is 0 Å². The summed E-state index contributed by atoms with van der Waals surface area (Å²) in [5.41, 5.74) is 2.49. The van der Waals surface area contributed by atoms with Crippen LogP contribution < -0.4 is 10.2 Å². The summed E-state index contributed by atoms with van der Waals surface area (Å²) in [5, 5.41) is 12.9. The summed E-state index contributed by atoms with van der Waals surface area (Å²) in [6, 6.07) is 6.55. The lowest BCUT2D eigenvalue weighted by atomic mass is 9.98. The molecule has 1 heterocycles. The van der Waals surface area contributed by atoms with Crippen molar-refractivity contribution in [2.45, 2.75) is 32.4 Å². The molecule has 1 saturated heterocycles. The number of piperazine rings is 1. The molecule has 1 aliphatic heterocycles. The third-order valence-corrected chi connectivity index (χ3v) is 4.24. The molecule has 0 spiro atoms. The van der Waals surface area contributed by atoms with Crippen molar-refractivity contribution in [1.82, 2.24) is 5.32 Å². The van der Waals surface area contributed by atoms with Crippen LogP contribution in [0.25, 0.3) is 0 Å². The van der Waals surface area contributed by atoms with Crippen LogP contribution in [0.1, 0.15) is 19.4 Å². The maximum atomic E-state index is 9.39. The zero-order chi connectivity index (χ0) is 13.3. The second kappa shape index (κ2) is 5.19. The summed E-state index contributed by atoms with van der Waals surface area (Å²) in [6.07, 6.45) is 0. The van der Waals surface area contributed by atoms with Crippen molar-refractivity contribution in [3.05, 3.63) is 28.2 Å². The van der Waals surface area contributed by atoms with E-state index in [9.17, 15) is 5.11 Å². The zero-order valence-electron chi connectivity index (χ0n) is 11.2. The Morgan fingerprint density at radius 2 is 2.22 bits per heavy atom. The van der Waals surface area contributed by atoms with E-state index in [1.54, 1.807) is 0 Å². The first-order chi connectivity index (χ1) is 8.41. The molecule has 0 saturated carbocycles. The molecule has 1 aromatic rings. The quantitative estimate of drug-likeness (QED) is 0.879. The van der Waals surface area contributed by atoms with Crippen LogP contribution >= 0.6 is 15.9 Å². The Labute approximate surface area is 117 Å². The first-order valence-electron chi connectivity index (χ1n) is 6.31. The van der Waals surface area contributed by atoms with E-state index in [0.717, 1.165) is 17.6 Å². The number of aliphatic hydroxyl groups is 1. The first-order valence-corrected chi connectivity index (χ1v) is 7.10. The van der Waals surface area contributed by atoms with Crippen LogP contribution in [0.3, 0.4) is 0 Å². The summed E-state index contributed by atoms with van der Waals surface area (Å²) in [5.74, 6) is 0. The van der Waals surface area contributed by atoms with E-state index in [2.05, 4.69) is 65.1 Å². The monoisotopic (exact) mass is 312 g/mol. The molecule has 0 aliphatic carbocycles. The van der Waals surface area contributed by atoms with E-state index in [1.165, 1.54) is 11.3 Å². The molecule has 18 heavy (non-hydrogen) atoms. The van der Waals surface area contributed by atoms with Gasteiger partial charge in [0.05, 0.1) is 6.61 Å². The molecule has 0 radical (unpaired) electrons. The maximum absolute atomic E-state index is 9.39. The van der Waals surface area contributed by atoms with Gasteiger partial charge in [-0.05, 0) is 44.5 Å². The standard InChI is InChI=1S/C14H21BrN2O/c1-10-6-12(4-5-13(10)15)17-7-11(8-18)16-14(2,3)9-17/h4-6,11,16,18H,7-9H2,1-3H3. The highest BCUT2D eigenvalue weighted by Crippen LogP contribution is 2.26. The molecule has 1 fully saturated rings. The molecule has 1 aliphatic rings. The number of rotatable bonds is 2. The Morgan fingerprint density at radius 1 is 1.50 bits per heavy atom. The second-order valence-electron chi connectivity index (χ2n) is 5.72. The number of benzene rings is 1. The van der Waals surface area contributed by atoms with Crippen molar-refractivity contribution < 1.29 is 5.11 Å². The molecule has 1 unspecified atom stereocenters. The largest absolute Gasteiger partial charge is 0.395 e. The Kier molecular flexibility index (Phi) is 3.99. The van der Waals surface area contributed by atoms with Crippen molar-refractivity contribution in [1.29, 1.82) is 0 Å². The van der Waals surface area contributed by atoms with Gasteiger partial charge in [-0.2, -0.15) is 0 Å². The predicted octanol–water partition coefficient (Wildman–Crippen LogP) is 2.31. The minimum Gasteiger partial charge on any atom is -0.395 e. The van der Waals surface area contributed by atoms with Gasteiger partial charge in [0.1, 0.15) is 0 Å². The summed E-state index contributed by atoms with van der Waals surface area (Å²) < 4.78 is 1.14. The van der Waals surface area contributed by atoms with E-state index in [-0.39, 0.29) is 18.2 Å². The lowest BCUT2D eigenvalue weighted by molar-refractivity contribution is 0.191. The molecule has 3 nitrogen and oxygen atoms in total. The lowest BCUT2D eigenvalue weighted by Gasteiger charge is -2.44. The highest BCUT2D eigenvalue weighted by molar-refractivity contribution is 9.10. The summed E-state index contributed by atoms with van der Waals surface area (Å²) in [7, 11) is 0. The zero-order valence-corrected chi connectivity index (χ0v) is 12.8. The minimum absolute atomic E-state index is 0.0205. The molecule has 1 aromatic carbocycles. The van der Waals surface area contributed by atoms with Crippen molar-refractivity contribution >= 4 is 21.6 Å². The fraction of sp³-hybridized carbons (Fsp3) is 0.571. The van der Waals surface area contributed by atoms with E-state index >= 15 is 0 Å². The SMILES string of the molecule is Cc1cc(N2CC(CO)NC(C)(C)C2)ccc1Br. The Balaban J connectivity index is 2.23. The van der Waals surface area contributed by atoms with Crippen LogP contribution in [0.4, 0.5) is 5.69 Å². The van der Waals surface area contributed by atoms with Crippen molar-refractivity contribution in [3.63, 3.8) is 0 Å². The highest BCUT2D eigenvalue weighted by atomic mass is 79.9. The number of hydrogen-bond donors (Lipinski definition) is 2. The normalized spacial score (nSPS) is 23.2. The summed E-state index contributed by atoms with van der Waals surface area (Å²) in [4.78, 5) is 2.34. The van der Waals surface area contributed by atoms with Crippen molar-refractivity contribution in [2.24, 2.45) is 0 Å². The first kappa shape index (κ1) is 13.8. The Hall–Kier alpha value is -0.580. The van der Waals surface area contributed by atoms with Crippen LogP contribution in [0, 0.1) is 6.92 Å². The fourth-order valence-electron chi connectivity index (χ4n) is 2.58. The van der Waals surface area contributed by atoms with Gasteiger partial charge in [0.25, 0.3) is 0 Å². The number of aryl methyl sites for hydroxylation is 1. The van der Waals surface area contributed by atoms with E-state index in [1.807, 2.05) is 0 Å². The number of nitrogens with zero attached hydrogens (tertiary/aromatic N) is 1. The molecule has 4 heteroatoms. The molecule has 100 valence electrons. The fourth-order valence-corrected chi connectivity index (χ4v) is 2.82. The third-order valence-electron chi connectivity index (χ3n) is 3.35. The van der Waals surface area contributed by atoms with Gasteiger partial charge < -0.3 is 15.3 Å². The van der Waals surface area contributed by atoms with Gasteiger partial charge in [-0.15, -0.1) is 0 Å². The van der Waals surface area contributed by atoms with Gasteiger partial charge in [0.2, 0.25) is 0 Å². The molecular weight excluding hydrogens is 292 g/mol. The van der Waals surface area contributed by atoms with Crippen LogP contribution in [-0.4, -0.2) is 36.4 Å². The van der Waals surface area contributed by atoms with Crippen LogP contribution in [0.15, 0.2) is 22.7 Å². The van der Waals surface area contributed by atoms with E-state index in [4.69, 9.17) is 0 Å². The van der Waals surface area contributed by atoms with Crippen molar-refractivity contribution in [2.75, 3.05) is 24.6 Å². The van der Waals surface area contributed by atoms with E-state index in [0.29, 0.717) is 0 Å². The number of nitrogens with one attached hydrogen (secondary N) is 1. The molecule has 0 amide bonds. The number of aliphatic hydroxyl groups excluding tert-OH is 1. The molecular formula is C14H21BrN2O. The van der Waals surface area contributed by atoms with Gasteiger partial charge in [-0.1, -0.05) is 15.9 Å². The van der Waals surface area contributed by atoms with Gasteiger partial charge in [-0.25, -0.2) is 0 Å². The Morgan fingerprint density at radius 3 is 2.83 bits per heavy atom. The van der Waals surface area contributed by atoms with Crippen LogP contribution in [-0.2, 0) is 0 Å². The summed E-state index contributed by atoms with van der Waals surface area (Å²) in [6.45, 7) is 8.42.